The van der Waals surface area contributed by atoms with Crippen LogP contribution in [0.4, 0.5) is 34.1 Å². The molecule has 2 nitrogen and oxygen atoms in total. The van der Waals surface area contributed by atoms with E-state index in [1.807, 2.05) is 0 Å². The van der Waals surface area contributed by atoms with Gasteiger partial charge in [0, 0.05) is 44.4 Å². The Kier molecular flexibility index (Phi) is 11.7. The Bertz CT molecular complexity index is 3570. The van der Waals surface area contributed by atoms with Crippen molar-refractivity contribution in [2.45, 2.75) is 129 Å². The molecule has 0 aromatic heterocycles. The summed E-state index contributed by atoms with van der Waals surface area (Å²) in [6.07, 6.45) is 0. The highest BCUT2D eigenvalue weighted by Gasteiger charge is 2.58. The van der Waals surface area contributed by atoms with Gasteiger partial charge in [0.25, 0.3) is 0 Å². The van der Waals surface area contributed by atoms with Crippen molar-refractivity contribution < 1.29 is 0 Å². The molecule has 0 bridgehead atoms. The lowest BCUT2D eigenvalue weighted by atomic mass is 9.56. The summed E-state index contributed by atoms with van der Waals surface area (Å²) in [5, 5.41) is 4.99. The minimum Gasteiger partial charge on any atom is -0.310 e. The Hall–Kier alpha value is -7.68. The highest BCUT2D eigenvalue weighted by atomic mass is 15.2. The van der Waals surface area contributed by atoms with Gasteiger partial charge >= 0.3 is 0 Å². The quantitative estimate of drug-likeness (QED) is 0.157. The van der Waals surface area contributed by atoms with Gasteiger partial charge in [-0.3, -0.25) is 0 Å². The van der Waals surface area contributed by atoms with E-state index in [0.717, 1.165) is 22.7 Å². The second kappa shape index (κ2) is 17.9. The number of hydrogen-bond donors (Lipinski definition) is 0. The van der Waals surface area contributed by atoms with Crippen molar-refractivity contribution in [3.63, 3.8) is 0 Å². The molecular formula is C76H76N2. The number of nitrogens with zero attached hydrogens (tertiary/aromatic N) is 2. The van der Waals surface area contributed by atoms with E-state index >= 15 is 0 Å². The van der Waals surface area contributed by atoms with Crippen LogP contribution in [0.5, 0.6) is 0 Å². The average Bonchev–Trinajstić information content (AvgIpc) is 2.55. The number of benzene rings is 10. The van der Waals surface area contributed by atoms with Crippen LogP contribution in [0.3, 0.4) is 0 Å². The van der Waals surface area contributed by atoms with E-state index < -0.39 is 10.8 Å². The lowest BCUT2D eigenvalue weighted by molar-refractivity contribution is 0.376. The molecule has 10 aromatic rings. The second-order valence-electron chi connectivity index (χ2n) is 26.9. The summed E-state index contributed by atoms with van der Waals surface area (Å²) in [5.74, 6) is 0. The largest absolute Gasteiger partial charge is 0.310 e. The molecule has 0 aliphatic heterocycles. The van der Waals surface area contributed by atoms with Crippen molar-refractivity contribution in [2.75, 3.05) is 9.80 Å². The van der Waals surface area contributed by atoms with Gasteiger partial charge in [-0.1, -0.05) is 243 Å². The van der Waals surface area contributed by atoms with E-state index in [-0.39, 0.29) is 21.7 Å². The van der Waals surface area contributed by atoms with Gasteiger partial charge < -0.3 is 9.80 Å². The van der Waals surface area contributed by atoms with Crippen LogP contribution in [0.1, 0.15) is 141 Å². The van der Waals surface area contributed by atoms with Gasteiger partial charge in [0.2, 0.25) is 0 Å². The summed E-state index contributed by atoms with van der Waals surface area (Å²) in [5.41, 5.74) is 21.8. The van der Waals surface area contributed by atoms with E-state index in [9.17, 15) is 0 Å². The van der Waals surface area contributed by atoms with E-state index in [1.54, 1.807) is 0 Å². The number of rotatable bonds is 7. The van der Waals surface area contributed by atoms with E-state index in [4.69, 9.17) is 0 Å². The first-order valence-electron chi connectivity index (χ1n) is 28.3. The second-order valence-corrected chi connectivity index (χ2v) is 26.9. The molecule has 390 valence electrons. The standard InChI is InChI=1S/C76H76N2/c1-71(2,3)49-31-39-53(40-32-49)77(54-41-33-50(34-42-54)72(4,5)6)67-47-65-69(59-25-17-15-23-57(59)67)61-27-19-21-29-63(61)75(65,13)76(14)64-30-22-20-28-62(64)70-60-26-18-16-24-58(60)68(48-66(70)76)78(55-43-35-51(36-44-55)73(7,8)9)56-45-37-52(38-46-56)74(10,11)12/h15-48H,1-14H3. The molecule has 78 heavy (non-hydrogen) atoms. The highest BCUT2D eigenvalue weighted by Crippen LogP contribution is 2.68. The summed E-state index contributed by atoms with van der Waals surface area (Å²) < 4.78 is 0. The Morgan fingerprint density at radius 3 is 0.782 bits per heavy atom. The highest BCUT2D eigenvalue weighted by molar-refractivity contribution is 6.13. The third-order valence-electron chi connectivity index (χ3n) is 18.0. The number of hydrogen-bond acceptors (Lipinski definition) is 2. The van der Waals surface area contributed by atoms with Crippen LogP contribution in [0.2, 0.25) is 0 Å². The zero-order valence-corrected chi connectivity index (χ0v) is 48.5. The van der Waals surface area contributed by atoms with Crippen LogP contribution < -0.4 is 9.80 Å². The van der Waals surface area contributed by atoms with Crippen LogP contribution in [0, 0.1) is 0 Å². The average molecular weight is 1020 g/mol. The molecule has 0 heterocycles. The Morgan fingerprint density at radius 2 is 0.513 bits per heavy atom. The SMILES string of the molecule is CC(C)(C)c1ccc(N(c2ccc(C(C)(C)C)cc2)c2cc3c(c4ccccc24)-c2ccccc2C3(C)C2(C)c3ccccc3-c3c2cc(N(c2ccc(C(C)(C)C)cc2)c2ccc(C(C)(C)C)cc2)c2ccccc32)cc1. The predicted octanol–water partition coefficient (Wildman–Crippen LogP) is 21.4. The zero-order chi connectivity index (χ0) is 54.9. The van der Waals surface area contributed by atoms with Crippen molar-refractivity contribution in [1.29, 1.82) is 0 Å². The predicted molar refractivity (Wildman–Crippen MR) is 336 cm³/mol. The van der Waals surface area contributed by atoms with Crippen LogP contribution >= 0.6 is 0 Å². The normalized spacial score (nSPS) is 16.9. The molecule has 10 aromatic carbocycles. The molecule has 2 atom stereocenters. The van der Waals surface area contributed by atoms with Gasteiger partial charge in [-0.05, 0) is 160 Å². The third kappa shape index (κ3) is 7.95. The number of fused-ring (bicyclic) bond motifs is 10. The molecule has 0 saturated heterocycles. The van der Waals surface area contributed by atoms with Crippen molar-refractivity contribution in [3.05, 3.63) is 251 Å². The smallest absolute Gasteiger partial charge is 0.0543 e. The molecule has 0 amide bonds. The first-order chi connectivity index (χ1) is 37.0. The summed E-state index contributed by atoms with van der Waals surface area (Å²) in [4.78, 5) is 5.06. The fourth-order valence-corrected chi connectivity index (χ4v) is 13.4. The molecular weight excluding hydrogens is 941 g/mol. The monoisotopic (exact) mass is 1020 g/mol. The lowest BCUT2D eigenvalue weighted by Gasteiger charge is -2.46. The van der Waals surface area contributed by atoms with Gasteiger partial charge in [-0.25, -0.2) is 0 Å². The Labute approximate surface area is 465 Å². The Morgan fingerprint density at radius 1 is 0.269 bits per heavy atom. The van der Waals surface area contributed by atoms with Crippen LogP contribution in [0.15, 0.2) is 206 Å². The molecule has 0 spiro atoms. The minimum atomic E-state index is -0.565. The summed E-state index contributed by atoms with van der Waals surface area (Å²) in [6, 6.07) is 79.6. The van der Waals surface area contributed by atoms with Crippen LogP contribution in [-0.2, 0) is 32.5 Å². The molecule has 0 fully saturated rings. The first-order valence-corrected chi connectivity index (χ1v) is 28.3. The van der Waals surface area contributed by atoms with Crippen molar-refractivity contribution in [1.82, 2.24) is 0 Å². The van der Waals surface area contributed by atoms with E-state index in [1.165, 1.54) is 99.7 Å². The maximum Gasteiger partial charge on any atom is 0.0543 e. The summed E-state index contributed by atoms with van der Waals surface area (Å²) >= 11 is 0. The van der Waals surface area contributed by atoms with Crippen LogP contribution in [0.25, 0.3) is 43.8 Å². The molecule has 0 saturated carbocycles. The van der Waals surface area contributed by atoms with Gasteiger partial charge in [0.15, 0.2) is 0 Å². The van der Waals surface area contributed by atoms with E-state index in [2.05, 4.69) is 313 Å². The maximum atomic E-state index is 2.60. The lowest BCUT2D eigenvalue weighted by Crippen LogP contribution is -2.44. The molecule has 0 N–H and O–H groups in total. The summed E-state index contributed by atoms with van der Waals surface area (Å²) in [7, 11) is 0. The van der Waals surface area contributed by atoms with Crippen molar-refractivity contribution in [2.24, 2.45) is 0 Å². The molecule has 0 radical (unpaired) electrons. The van der Waals surface area contributed by atoms with Gasteiger partial charge in [-0.15, -0.1) is 0 Å². The molecule has 2 aliphatic rings. The van der Waals surface area contributed by atoms with E-state index in [0.29, 0.717) is 0 Å². The fraction of sp³-hybridized carbons (Fsp3) is 0.263. The fourth-order valence-electron chi connectivity index (χ4n) is 13.4. The van der Waals surface area contributed by atoms with Gasteiger partial charge in [0.1, 0.15) is 0 Å². The molecule has 2 heteroatoms. The molecule has 2 aliphatic carbocycles. The van der Waals surface area contributed by atoms with Crippen molar-refractivity contribution in [3.8, 4) is 22.3 Å². The molecule has 2 unspecified atom stereocenters. The maximum absolute atomic E-state index is 2.60. The number of anilines is 6. The zero-order valence-electron chi connectivity index (χ0n) is 48.5. The summed E-state index contributed by atoms with van der Waals surface area (Å²) in [6.45, 7) is 32.8. The first kappa shape index (κ1) is 51.1. The molecule has 12 rings (SSSR count). The van der Waals surface area contributed by atoms with Gasteiger partial charge in [0.05, 0.1) is 11.4 Å². The topological polar surface area (TPSA) is 6.48 Å². The minimum absolute atomic E-state index is 0.0187. The van der Waals surface area contributed by atoms with Crippen LogP contribution in [-0.4, -0.2) is 0 Å². The van der Waals surface area contributed by atoms with Gasteiger partial charge in [-0.2, -0.15) is 0 Å². The third-order valence-corrected chi connectivity index (χ3v) is 18.0. The Balaban J connectivity index is 1.16. The van der Waals surface area contributed by atoms with Crippen molar-refractivity contribution >= 4 is 55.7 Å².